The van der Waals surface area contributed by atoms with Crippen molar-refractivity contribution in [3.63, 3.8) is 0 Å². The average molecular weight is 287 g/mol. The Hall–Kier alpha value is -2.28. The number of fused-ring (bicyclic) bond motifs is 1. The first-order chi connectivity index (χ1) is 9.74. The predicted molar refractivity (Wildman–Crippen MR) is 75.9 cm³/mol. The summed E-state index contributed by atoms with van der Waals surface area (Å²) in [6.45, 7) is 2.32. The first-order valence-electron chi connectivity index (χ1n) is 6.24. The first-order valence-corrected chi connectivity index (χ1v) is 7.01. The lowest BCUT2D eigenvalue weighted by atomic mass is 10.3. The fourth-order valence-corrected chi connectivity index (χ4v) is 2.50. The zero-order chi connectivity index (χ0) is 13.9. The first kappa shape index (κ1) is 12.7. The Morgan fingerprint density at radius 1 is 1.45 bits per heavy atom. The van der Waals surface area contributed by atoms with E-state index in [4.69, 9.17) is 0 Å². The number of pyridine rings is 1. The number of nitrogens with zero attached hydrogens (tertiary/aromatic N) is 4. The molecular weight excluding hydrogens is 274 g/mol. The van der Waals surface area contributed by atoms with E-state index in [9.17, 15) is 4.79 Å². The molecule has 0 bridgehead atoms. The van der Waals surface area contributed by atoms with Gasteiger partial charge in [-0.25, -0.2) is 4.98 Å². The van der Waals surface area contributed by atoms with Crippen molar-refractivity contribution in [3.05, 3.63) is 46.9 Å². The van der Waals surface area contributed by atoms with Crippen LogP contribution in [0.3, 0.4) is 0 Å². The molecule has 0 aromatic carbocycles. The molecule has 0 atom stereocenters. The minimum atomic E-state index is -0.124. The minimum Gasteiger partial charge on any atom is -0.351 e. The Balaban J connectivity index is 1.60. The molecule has 0 aliphatic rings. The fraction of sp³-hybridized carbons (Fsp3) is 0.231. The standard InChI is InChI=1S/C13H13N5OS/c1-9-12(20-17-16-9)13(19)14-6-5-10-8-18-7-3-2-4-11(18)15-10/h2-4,7-8H,5-6H2,1H3,(H,14,19). The van der Waals surface area contributed by atoms with E-state index in [1.165, 1.54) is 0 Å². The monoisotopic (exact) mass is 287 g/mol. The van der Waals surface area contributed by atoms with E-state index >= 15 is 0 Å². The third-order valence-electron chi connectivity index (χ3n) is 2.94. The average Bonchev–Trinajstić information content (AvgIpc) is 3.04. The molecule has 0 saturated heterocycles. The fourth-order valence-electron chi connectivity index (χ4n) is 1.93. The normalized spacial score (nSPS) is 10.8. The highest BCUT2D eigenvalue weighted by Gasteiger charge is 2.12. The lowest BCUT2D eigenvalue weighted by Crippen LogP contribution is -2.25. The second-order valence-electron chi connectivity index (χ2n) is 4.39. The van der Waals surface area contributed by atoms with Crippen molar-refractivity contribution in [2.75, 3.05) is 6.54 Å². The predicted octanol–water partition coefficient (Wildman–Crippen LogP) is 1.47. The van der Waals surface area contributed by atoms with E-state index in [2.05, 4.69) is 19.9 Å². The maximum absolute atomic E-state index is 11.9. The lowest BCUT2D eigenvalue weighted by Gasteiger charge is -2.01. The molecule has 0 fully saturated rings. The molecule has 1 amide bonds. The third kappa shape index (κ3) is 2.53. The molecule has 102 valence electrons. The topological polar surface area (TPSA) is 72.2 Å². The second kappa shape index (κ2) is 5.38. The number of carbonyl (C=O) groups excluding carboxylic acids is 1. The van der Waals surface area contributed by atoms with Crippen molar-refractivity contribution in [2.45, 2.75) is 13.3 Å². The van der Waals surface area contributed by atoms with Crippen LogP contribution in [0.5, 0.6) is 0 Å². The van der Waals surface area contributed by atoms with Crippen molar-refractivity contribution in [3.8, 4) is 0 Å². The molecule has 3 heterocycles. The molecule has 20 heavy (non-hydrogen) atoms. The van der Waals surface area contributed by atoms with E-state index in [-0.39, 0.29) is 5.91 Å². The molecule has 0 aliphatic heterocycles. The van der Waals surface area contributed by atoms with Gasteiger partial charge in [-0.15, -0.1) is 5.10 Å². The summed E-state index contributed by atoms with van der Waals surface area (Å²) in [5.41, 5.74) is 2.53. The molecule has 3 aromatic heterocycles. The second-order valence-corrected chi connectivity index (χ2v) is 5.15. The molecular formula is C13H13N5OS. The summed E-state index contributed by atoms with van der Waals surface area (Å²) in [4.78, 5) is 16.9. The van der Waals surface area contributed by atoms with Gasteiger partial charge < -0.3 is 9.72 Å². The van der Waals surface area contributed by atoms with Gasteiger partial charge in [0.1, 0.15) is 10.5 Å². The van der Waals surface area contributed by atoms with Crippen molar-refractivity contribution >= 4 is 23.1 Å². The zero-order valence-electron chi connectivity index (χ0n) is 10.9. The van der Waals surface area contributed by atoms with Crippen LogP contribution in [-0.2, 0) is 6.42 Å². The summed E-state index contributed by atoms with van der Waals surface area (Å²) in [6.07, 6.45) is 4.62. The molecule has 0 radical (unpaired) electrons. The SMILES string of the molecule is Cc1nnsc1C(=O)NCCc1cn2ccccc2n1. The van der Waals surface area contributed by atoms with Crippen LogP contribution in [0.25, 0.3) is 5.65 Å². The van der Waals surface area contributed by atoms with E-state index < -0.39 is 0 Å². The third-order valence-corrected chi connectivity index (χ3v) is 3.77. The van der Waals surface area contributed by atoms with E-state index in [1.807, 2.05) is 35.0 Å². The summed E-state index contributed by atoms with van der Waals surface area (Å²) in [6, 6.07) is 5.86. The van der Waals surface area contributed by atoms with Gasteiger partial charge in [0.25, 0.3) is 5.91 Å². The Labute approximate surface area is 119 Å². The van der Waals surface area contributed by atoms with Gasteiger partial charge in [-0.2, -0.15) is 0 Å². The Bertz CT molecular complexity index is 715. The maximum atomic E-state index is 11.9. The van der Waals surface area contributed by atoms with Crippen LogP contribution in [0.15, 0.2) is 30.6 Å². The summed E-state index contributed by atoms with van der Waals surface area (Å²) in [5, 5.41) is 6.69. The van der Waals surface area contributed by atoms with Gasteiger partial charge in [0.15, 0.2) is 0 Å². The Morgan fingerprint density at radius 3 is 3.10 bits per heavy atom. The highest BCUT2D eigenvalue weighted by Crippen LogP contribution is 2.08. The van der Waals surface area contributed by atoms with Crippen LogP contribution in [0.4, 0.5) is 0 Å². The molecule has 1 N–H and O–H groups in total. The molecule has 0 saturated carbocycles. The number of carbonyl (C=O) groups is 1. The van der Waals surface area contributed by atoms with Crippen LogP contribution in [0.2, 0.25) is 0 Å². The summed E-state index contributed by atoms with van der Waals surface area (Å²) in [5.74, 6) is -0.124. The van der Waals surface area contributed by atoms with Gasteiger partial charge >= 0.3 is 0 Å². The quantitative estimate of drug-likeness (QED) is 0.788. The van der Waals surface area contributed by atoms with Gasteiger partial charge in [-0.3, -0.25) is 4.79 Å². The van der Waals surface area contributed by atoms with Gasteiger partial charge in [-0.05, 0) is 30.6 Å². The van der Waals surface area contributed by atoms with Gasteiger partial charge in [0, 0.05) is 25.4 Å². The maximum Gasteiger partial charge on any atom is 0.264 e. The summed E-state index contributed by atoms with van der Waals surface area (Å²) < 4.78 is 5.72. The number of amides is 1. The van der Waals surface area contributed by atoms with Crippen molar-refractivity contribution in [2.24, 2.45) is 0 Å². The molecule has 0 spiro atoms. The number of rotatable bonds is 4. The Morgan fingerprint density at radius 2 is 2.35 bits per heavy atom. The van der Waals surface area contributed by atoms with Crippen molar-refractivity contribution in [1.29, 1.82) is 0 Å². The minimum absolute atomic E-state index is 0.124. The van der Waals surface area contributed by atoms with E-state index in [0.717, 1.165) is 22.9 Å². The lowest BCUT2D eigenvalue weighted by molar-refractivity contribution is 0.0957. The van der Waals surface area contributed by atoms with Crippen LogP contribution < -0.4 is 5.32 Å². The molecule has 0 unspecified atom stereocenters. The molecule has 7 heteroatoms. The van der Waals surface area contributed by atoms with E-state index in [1.54, 1.807) is 6.92 Å². The largest absolute Gasteiger partial charge is 0.351 e. The molecule has 0 aliphatic carbocycles. The van der Waals surface area contributed by atoms with E-state index in [0.29, 0.717) is 23.5 Å². The van der Waals surface area contributed by atoms with Crippen molar-refractivity contribution < 1.29 is 4.79 Å². The smallest absolute Gasteiger partial charge is 0.264 e. The van der Waals surface area contributed by atoms with Gasteiger partial charge in [-0.1, -0.05) is 10.6 Å². The molecule has 3 rings (SSSR count). The van der Waals surface area contributed by atoms with Crippen LogP contribution in [0.1, 0.15) is 21.1 Å². The summed E-state index contributed by atoms with van der Waals surface area (Å²) >= 11 is 1.11. The molecule has 6 nitrogen and oxygen atoms in total. The zero-order valence-corrected chi connectivity index (χ0v) is 11.7. The number of hydrogen-bond donors (Lipinski definition) is 1. The van der Waals surface area contributed by atoms with Gasteiger partial charge in [0.05, 0.1) is 11.4 Å². The number of aromatic nitrogens is 4. The summed E-state index contributed by atoms with van der Waals surface area (Å²) in [7, 11) is 0. The number of aryl methyl sites for hydroxylation is 1. The molecule has 3 aromatic rings. The highest BCUT2D eigenvalue weighted by molar-refractivity contribution is 7.07. The van der Waals surface area contributed by atoms with Crippen molar-refractivity contribution in [1.82, 2.24) is 24.3 Å². The number of nitrogens with one attached hydrogen (secondary N) is 1. The van der Waals surface area contributed by atoms with Crippen LogP contribution in [0, 0.1) is 6.92 Å². The number of imidazole rings is 1. The van der Waals surface area contributed by atoms with Crippen LogP contribution in [-0.4, -0.2) is 31.4 Å². The highest BCUT2D eigenvalue weighted by atomic mass is 32.1. The Kier molecular flexibility index (Phi) is 3.42. The number of hydrogen-bond acceptors (Lipinski definition) is 5. The van der Waals surface area contributed by atoms with Crippen LogP contribution >= 0.6 is 11.5 Å². The van der Waals surface area contributed by atoms with Gasteiger partial charge in [0.2, 0.25) is 0 Å².